The van der Waals surface area contributed by atoms with Gasteiger partial charge in [0.05, 0.1) is 5.02 Å². The molecule has 1 aromatic carbocycles. The molecule has 1 amide bonds. The molecule has 1 unspecified atom stereocenters. The van der Waals surface area contributed by atoms with Crippen LogP contribution in [0.1, 0.15) is 25.3 Å². The first-order chi connectivity index (χ1) is 12.6. The van der Waals surface area contributed by atoms with E-state index in [0.717, 1.165) is 18.5 Å². The van der Waals surface area contributed by atoms with Gasteiger partial charge in [-0.1, -0.05) is 18.5 Å². The second kappa shape index (κ2) is 8.49. The van der Waals surface area contributed by atoms with Crippen molar-refractivity contribution in [2.45, 2.75) is 32.4 Å². The van der Waals surface area contributed by atoms with Gasteiger partial charge < -0.3 is 25.0 Å². The molecule has 1 aromatic rings. The van der Waals surface area contributed by atoms with Crippen molar-refractivity contribution in [3.8, 4) is 11.5 Å². The molecule has 7 nitrogen and oxygen atoms in total. The lowest BCUT2D eigenvalue weighted by Gasteiger charge is -2.21. The fraction of sp³-hybridized carbons (Fsp3) is 0.556. The van der Waals surface area contributed by atoms with Gasteiger partial charge in [0.15, 0.2) is 17.5 Å². The van der Waals surface area contributed by atoms with Crippen LogP contribution in [-0.4, -0.2) is 56.2 Å². The molecule has 8 heteroatoms. The molecule has 3 rings (SSSR count). The highest BCUT2D eigenvalue weighted by Crippen LogP contribution is 2.38. The highest BCUT2D eigenvalue weighted by Gasteiger charge is 2.25. The lowest BCUT2D eigenvalue weighted by Crippen LogP contribution is -2.44. The van der Waals surface area contributed by atoms with Crippen LogP contribution < -0.4 is 20.1 Å². The maximum Gasteiger partial charge on any atom is 0.222 e. The molecule has 0 aliphatic carbocycles. The van der Waals surface area contributed by atoms with Crippen LogP contribution in [0.2, 0.25) is 5.02 Å². The van der Waals surface area contributed by atoms with Crippen molar-refractivity contribution in [2.75, 3.05) is 33.4 Å². The third-order valence-electron chi connectivity index (χ3n) is 4.52. The molecule has 2 aliphatic rings. The summed E-state index contributed by atoms with van der Waals surface area (Å²) in [7, 11) is 1.73. The maximum atomic E-state index is 11.8. The molecular weight excluding hydrogens is 356 g/mol. The summed E-state index contributed by atoms with van der Waals surface area (Å²) >= 11 is 6.28. The van der Waals surface area contributed by atoms with Gasteiger partial charge in [0, 0.05) is 39.1 Å². The topological polar surface area (TPSA) is 75.2 Å². The lowest BCUT2D eigenvalue weighted by atomic mass is 10.2. The number of nitrogens with one attached hydrogen (secondary N) is 2. The van der Waals surface area contributed by atoms with Crippen LogP contribution in [0.15, 0.2) is 17.1 Å². The number of rotatable bonds is 4. The van der Waals surface area contributed by atoms with Crippen molar-refractivity contribution in [3.05, 3.63) is 22.7 Å². The molecule has 1 saturated heterocycles. The van der Waals surface area contributed by atoms with Crippen LogP contribution >= 0.6 is 11.6 Å². The summed E-state index contributed by atoms with van der Waals surface area (Å²) in [5, 5.41) is 7.21. The number of carbonyl (C=O) groups excluding carboxylic acids is 1. The number of fused-ring (bicyclic) bond motifs is 1. The molecule has 142 valence electrons. The fourth-order valence-corrected chi connectivity index (χ4v) is 3.46. The number of nitrogens with zero attached hydrogens (tertiary/aromatic N) is 2. The van der Waals surface area contributed by atoms with E-state index < -0.39 is 0 Å². The van der Waals surface area contributed by atoms with E-state index in [4.69, 9.17) is 21.1 Å². The van der Waals surface area contributed by atoms with Crippen LogP contribution in [0.25, 0.3) is 0 Å². The Morgan fingerprint density at radius 2 is 2.19 bits per heavy atom. The highest BCUT2D eigenvalue weighted by atomic mass is 35.5. The minimum absolute atomic E-state index is 0.197. The van der Waals surface area contributed by atoms with Gasteiger partial charge in [-0.05, 0) is 24.1 Å². The van der Waals surface area contributed by atoms with Crippen LogP contribution in [0.5, 0.6) is 11.5 Å². The first kappa shape index (κ1) is 18.6. The normalized spacial score (nSPS) is 19.4. The van der Waals surface area contributed by atoms with Crippen LogP contribution in [-0.2, 0) is 11.3 Å². The minimum Gasteiger partial charge on any atom is -0.486 e. The third kappa shape index (κ3) is 4.33. The number of ether oxygens (including phenoxy) is 2. The quantitative estimate of drug-likeness (QED) is 0.615. The van der Waals surface area contributed by atoms with Gasteiger partial charge >= 0.3 is 0 Å². The van der Waals surface area contributed by atoms with Crippen molar-refractivity contribution >= 4 is 23.5 Å². The number of aliphatic imine (C=N–C) groups is 1. The molecule has 0 aromatic heterocycles. The number of hydrogen-bond acceptors (Lipinski definition) is 4. The van der Waals surface area contributed by atoms with E-state index in [9.17, 15) is 4.79 Å². The summed E-state index contributed by atoms with van der Waals surface area (Å²) < 4.78 is 11.1. The molecule has 0 saturated carbocycles. The molecule has 2 heterocycles. The Balaban J connectivity index is 1.55. The van der Waals surface area contributed by atoms with E-state index in [1.54, 1.807) is 7.05 Å². The molecule has 2 aliphatic heterocycles. The third-order valence-corrected chi connectivity index (χ3v) is 4.81. The van der Waals surface area contributed by atoms with E-state index in [2.05, 4.69) is 15.6 Å². The summed E-state index contributed by atoms with van der Waals surface area (Å²) in [6, 6.07) is 4.00. The summed E-state index contributed by atoms with van der Waals surface area (Å²) in [4.78, 5) is 18.0. The van der Waals surface area contributed by atoms with Gasteiger partial charge in [-0.3, -0.25) is 9.79 Å². The largest absolute Gasteiger partial charge is 0.486 e. The van der Waals surface area contributed by atoms with Crippen molar-refractivity contribution < 1.29 is 14.3 Å². The predicted molar refractivity (Wildman–Crippen MR) is 101 cm³/mol. The average molecular weight is 381 g/mol. The number of benzene rings is 1. The number of carbonyl (C=O) groups is 1. The number of hydrogen-bond donors (Lipinski definition) is 2. The van der Waals surface area contributed by atoms with E-state index in [1.807, 2.05) is 24.0 Å². The first-order valence-corrected chi connectivity index (χ1v) is 9.31. The molecule has 1 fully saturated rings. The van der Waals surface area contributed by atoms with Crippen molar-refractivity contribution in [1.82, 2.24) is 15.5 Å². The van der Waals surface area contributed by atoms with Gasteiger partial charge in [-0.25, -0.2) is 0 Å². The highest BCUT2D eigenvalue weighted by molar-refractivity contribution is 6.32. The van der Waals surface area contributed by atoms with Crippen LogP contribution in [0.3, 0.4) is 0 Å². The molecule has 0 radical (unpaired) electrons. The smallest absolute Gasteiger partial charge is 0.222 e. The van der Waals surface area contributed by atoms with E-state index in [0.29, 0.717) is 55.2 Å². The van der Waals surface area contributed by atoms with Gasteiger partial charge in [0.2, 0.25) is 5.91 Å². The second-order valence-corrected chi connectivity index (χ2v) is 6.76. The Morgan fingerprint density at radius 3 is 2.96 bits per heavy atom. The van der Waals surface area contributed by atoms with Crippen molar-refractivity contribution in [1.29, 1.82) is 0 Å². The Morgan fingerprint density at radius 1 is 1.38 bits per heavy atom. The maximum absolute atomic E-state index is 11.8. The summed E-state index contributed by atoms with van der Waals surface area (Å²) in [5.41, 5.74) is 0.983. The zero-order valence-corrected chi connectivity index (χ0v) is 15.9. The average Bonchev–Trinajstić information content (AvgIpc) is 3.13. The lowest BCUT2D eigenvalue weighted by molar-refractivity contribution is -0.129. The number of halogens is 1. The molecule has 0 spiro atoms. The SMILES string of the molecule is CCC(=O)N1CCC(NC(=NC)NCc2cc(Cl)c3c(c2)OCCO3)C1. The standard InChI is InChI=1S/C18H25ClN4O3/c1-3-16(24)23-5-4-13(11-23)22-18(20-2)21-10-12-8-14(19)17-15(9-12)25-6-7-26-17/h8-9,13H,3-7,10-11H2,1-2H3,(H2,20,21,22). The van der Waals surface area contributed by atoms with Crippen LogP contribution in [0.4, 0.5) is 0 Å². The second-order valence-electron chi connectivity index (χ2n) is 6.35. The van der Waals surface area contributed by atoms with E-state index in [-0.39, 0.29) is 11.9 Å². The first-order valence-electron chi connectivity index (χ1n) is 8.93. The number of likely N-dealkylation sites (tertiary alicyclic amines) is 1. The molecule has 2 N–H and O–H groups in total. The van der Waals surface area contributed by atoms with E-state index in [1.165, 1.54) is 0 Å². The molecule has 26 heavy (non-hydrogen) atoms. The van der Waals surface area contributed by atoms with Gasteiger partial charge in [-0.2, -0.15) is 0 Å². The zero-order valence-electron chi connectivity index (χ0n) is 15.2. The van der Waals surface area contributed by atoms with Crippen molar-refractivity contribution in [2.24, 2.45) is 4.99 Å². The Hall–Kier alpha value is -2.15. The predicted octanol–water partition coefficient (Wildman–Crippen LogP) is 1.79. The Bertz CT molecular complexity index is 695. The zero-order chi connectivity index (χ0) is 18.5. The minimum atomic E-state index is 0.197. The van der Waals surface area contributed by atoms with Crippen LogP contribution in [0, 0.1) is 0 Å². The molecule has 0 bridgehead atoms. The fourth-order valence-electron chi connectivity index (χ4n) is 3.17. The summed E-state index contributed by atoms with van der Waals surface area (Å²) in [6.45, 7) is 4.99. The number of guanidine groups is 1. The molecule has 1 atom stereocenters. The van der Waals surface area contributed by atoms with Crippen molar-refractivity contribution in [3.63, 3.8) is 0 Å². The monoisotopic (exact) mass is 380 g/mol. The van der Waals surface area contributed by atoms with E-state index >= 15 is 0 Å². The Labute approximate surface area is 158 Å². The van der Waals surface area contributed by atoms with Gasteiger partial charge in [0.25, 0.3) is 0 Å². The van der Waals surface area contributed by atoms with Gasteiger partial charge in [0.1, 0.15) is 13.2 Å². The Kier molecular flexibility index (Phi) is 6.08. The molecular formula is C18H25ClN4O3. The van der Waals surface area contributed by atoms with Gasteiger partial charge in [-0.15, -0.1) is 0 Å². The summed E-state index contributed by atoms with van der Waals surface area (Å²) in [6.07, 6.45) is 1.47. The summed E-state index contributed by atoms with van der Waals surface area (Å²) in [5.74, 6) is 2.18. The number of amides is 1.